The fourth-order valence-corrected chi connectivity index (χ4v) is 3.98. The monoisotopic (exact) mass is 267 g/mol. The van der Waals surface area contributed by atoms with Crippen molar-refractivity contribution in [2.24, 2.45) is 10.9 Å². The lowest BCUT2D eigenvalue weighted by molar-refractivity contribution is -0.122. The Bertz CT molecular complexity index is 359. The summed E-state index contributed by atoms with van der Waals surface area (Å²) in [5, 5.41) is 7.62. The summed E-state index contributed by atoms with van der Waals surface area (Å²) in [5.74, 6) is 1.69. The van der Waals surface area contributed by atoms with E-state index in [4.69, 9.17) is 0 Å². The Kier molecular flexibility index (Phi) is 3.50. The Morgan fingerprint density at radius 2 is 2.22 bits per heavy atom. The summed E-state index contributed by atoms with van der Waals surface area (Å²) in [6.07, 6.45) is 7.41. The maximum Gasteiger partial charge on any atom is 0.223 e. The molecule has 2 saturated carbocycles. The minimum Gasteiger partial charge on any atom is -0.359 e. The smallest absolute Gasteiger partial charge is 0.223 e. The van der Waals surface area contributed by atoms with E-state index in [0.717, 1.165) is 18.0 Å². The first-order chi connectivity index (χ1) is 8.77. The second-order valence-corrected chi connectivity index (χ2v) is 6.62. The van der Waals surface area contributed by atoms with E-state index in [-0.39, 0.29) is 5.91 Å². The number of amidine groups is 1. The van der Waals surface area contributed by atoms with Gasteiger partial charge in [0.1, 0.15) is 0 Å². The first-order valence-electron chi connectivity index (χ1n) is 7.01. The van der Waals surface area contributed by atoms with Crippen LogP contribution in [0.2, 0.25) is 0 Å². The number of amides is 1. The average molecular weight is 267 g/mol. The molecule has 3 rings (SSSR count). The Balaban J connectivity index is 1.39. The maximum absolute atomic E-state index is 11.4. The summed E-state index contributed by atoms with van der Waals surface area (Å²) in [6.45, 7) is 1.37. The third kappa shape index (κ3) is 2.82. The van der Waals surface area contributed by atoms with E-state index in [1.54, 1.807) is 0 Å². The molecule has 18 heavy (non-hydrogen) atoms. The van der Waals surface area contributed by atoms with Gasteiger partial charge in [0, 0.05) is 23.8 Å². The summed E-state index contributed by atoms with van der Waals surface area (Å²) in [5.41, 5.74) is 0.348. The maximum atomic E-state index is 11.4. The predicted octanol–water partition coefficient (Wildman–Crippen LogP) is 1.52. The number of thioether (sulfide) groups is 1. The molecular weight excluding hydrogens is 246 g/mol. The van der Waals surface area contributed by atoms with Gasteiger partial charge in [-0.2, -0.15) is 0 Å². The molecule has 0 atom stereocenters. The van der Waals surface area contributed by atoms with Gasteiger partial charge in [0.2, 0.25) is 5.91 Å². The zero-order chi connectivity index (χ0) is 12.4. The SMILES string of the molecule is O=C(NCCN=C1NC2(CCCC2)CS1)C1CC1. The van der Waals surface area contributed by atoms with Crippen molar-refractivity contribution < 1.29 is 4.79 Å². The highest BCUT2D eigenvalue weighted by Gasteiger charge is 2.39. The van der Waals surface area contributed by atoms with Crippen LogP contribution in [0.25, 0.3) is 0 Å². The summed E-state index contributed by atoms with van der Waals surface area (Å²) in [6, 6.07) is 0. The van der Waals surface area contributed by atoms with Crippen LogP contribution in [0.4, 0.5) is 0 Å². The van der Waals surface area contributed by atoms with E-state index in [9.17, 15) is 4.79 Å². The van der Waals surface area contributed by atoms with Crippen molar-refractivity contribution >= 4 is 22.8 Å². The van der Waals surface area contributed by atoms with E-state index in [1.165, 1.54) is 31.4 Å². The van der Waals surface area contributed by atoms with E-state index < -0.39 is 0 Å². The number of nitrogens with zero attached hydrogens (tertiary/aromatic N) is 1. The van der Waals surface area contributed by atoms with Gasteiger partial charge in [0.25, 0.3) is 0 Å². The molecule has 0 radical (unpaired) electrons. The van der Waals surface area contributed by atoms with Crippen LogP contribution in [0.15, 0.2) is 4.99 Å². The Hall–Kier alpha value is -0.710. The molecule has 1 saturated heterocycles. The zero-order valence-corrected chi connectivity index (χ0v) is 11.5. The third-order valence-corrected chi connectivity index (χ3v) is 5.23. The third-order valence-electron chi connectivity index (χ3n) is 4.03. The van der Waals surface area contributed by atoms with Crippen LogP contribution >= 0.6 is 11.8 Å². The van der Waals surface area contributed by atoms with Gasteiger partial charge in [-0.15, -0.1) is 0 Å². The number of rotatable bonds is 4. The molecule has 0 bridgehead atoms. The van der Waals surface area contributed by atoms with Gasteiger partial charge in [-0.1, -0.05) is 24.6 Å². The number of carbonyl (C=O) groups excluding carboxylic acids is 1. The van der Waals surface area contributed by atoms with E-state index >= 15 is 0 Å². The molecule has 1 heterocycles. The van der Waals surface area contributed by atoms with Crippen molar-refractivity contribution in [3.63, 3.8) is 0 Å². The van der Waals surface area contributed by atoms with Crippen molar-refractivity contribution in [2.45, 2.75) is 44.1 Å². The number of hydrogen-bond acceptors (Lipinski definition) is 3. The van der Waals surface area contributed by atoms with Crippen LogP contribution in [0, 0.1) is 5.92 Å². The fourth-order valence-electron chi connectivity index (χ4n) is 2.74. The standard InChI is InChI=1S/C13H21N3OS/c17-11(10-3-4-10)14-7-8-15-12-16-13(9-18-12)5-1-2-6-13/h10H,1-9H2,(H,14,17)(H,15,16). The highest BCUT2D eigenvalue weighted by Crippen LogP contribution is 2.37. The number of aliphatic imine (C=N–C) groups is 1. The molecular formula is C13H21N3OS. The van der Waals surface area contributed by atoms with Crippen molar-refractivity contribution in [3.8, 4) is 0 Å². The van der Waals surface area contributed by atoms with Crippen molar-refractivity contribution in [1.29, 1.82) is 0 Å². The molecule has 100 valence electrons. The lowest BCUT2D eigenvalue weighted by Gasteiger charge is -2.21. The normalized spacial score (nSPS) is 27.7. The molecule has 3 fully saturated rings. The molecule has 1 aliphatic heterocycles. The average Bonchev–Trinajstić information content (AvgIpc) is 3.02. The van der Waals surface area contributed by atoms with Crippen molar-refractivity contribution in [1.82, 2.24) is 10.6 Å². The molecule has 4 nitrogen and oxygen atoms in total. The molecule has 2 aliphatic carbocycles. The lowest BCUT2D eigenvalue weighted by atomic mass is 10.0. The van der Waals surface area contributed by atoms with E-state index in [1.807, 2.05) is 11.8 Å². The van der Waals surface area contributed by atoms with Crippen molar-refractivity contribution in [2.75, 3.05) is 18.8 Å². The van der Waals surface area contributed by atoms with Crippen molar-refractivity contribution in [3.05, 3.63) is 0 Å². The second-order valence-electron chi connectivity index (χ2n) is 5.65. The van der Waals surface area contributed by atoms with E-state index in [0.29, 0.717) is 24.5 Å². The molecule has 2 N–H and O–H groups in total. The zero-order valence-electron chi connectivity index (χ0n) is 10.7. The van der Waals surface area contributed by atoms with Crippen LogP contribution in [0.5, 0.6) is 0 Å². The summed E-state index contributed by atoms with van der Waals surface area (Å²) < 4.78 is 0. The van der Waals surface area contributed by atoms with Crippen LogP contribution in [0.3, 0.4) is 0 Å². The molecule has 1 spiro atoms. The minimum absolute atomic E-state index is 0.217. The molecule has 3 aliphatic rings. The first-order valence-corrected chi connectivity index (χ1v) is 7.99. The van der Waals surface area contributed by atoms with Gasteiger partial charge in [0.05, 0.1) is 6.54 Å². The highest BCUT2D eigenvalue weighted by atomic mass is 32.2. The summed E-state index contributed by atoms with van der Waals surface area (Å²) >= 11 is 1.84. The van der Waals surface area contributed by atoms with Gasteiger partial charge in [0.15, 0.2) is 5.17 Å². The Labute approximate surface area is 112 Å². The largest absolute Gasteiger partial charge is 0.359 e. The first kappa shape index (κ1) is 12.3. The Morgan fingerprint density at radius 3 is 2.94 bits per heavy atom. The van der Waals surface area contributed by atoms with Crippen LogP contribution < -0.4 is 10.6 Å². The van der Waals surface area contributed by atoms with Gasteiger partial charge < -0.3 is 10.6 Å². The minimum atomic E-state index is 0.217. The summed E-state index contributed by atoms with van der Waals surface area (Å²) in [4.78, 5) is 16.0. The molecule has 1 amide bonds. The van der Waals surface area contributed by atoms with E-state index in [2.05, 4.69) is 15.6 Å². The fraction of sp³-hybridized carbons (Fsp3) is 0.846. The van der Waals surface area contributed by atoms with Crippen LogP contribution in [-0.4, -0.2) is 35.5 Å². The van der Waals surface area contributed by atoms with Crippen LogP contribution in [0.1, 0.15) is 38.5 Å². The quantitative estimate of drug-likeness (QED) is 0.759. The molecule has 0 unspecified atom stereocenters. The molecule has 0 aromatic heterocycles. The Morgan fingerprint density at radius 1 is 1.44 bits per heavy atom. The van der Waals surface area contributed by atoms with Gasteiger partial charge >= 0.3 is 0 Å². The molecule has 0 aromatic rings. The summed E-state index contributed by atoms with van der Waals surface area (Å²) in [7, 11) is 0. The van der Waals surface area contributed by atoms with Gasteiger partial charge in [-0.05, 0) is 25.7 Å². The number of nitrogens with one attached hydrogen (secondary N) is 2. The van der Waals surface area contributed by atoms with Gasteiger partial charge in [-0.3, -0.25) is 9.79 Å². The predicted molar refractivity (Wildman–Crippen MR) is 74.8 cm³/mol. The number of carbonyl (C=O) groups is 1. The second kappa shape index (κ2) is 5.11. The number of hydrogen-bond donors (Lipinski definition) is 2. The molecule has 5 heteroatoms. The topological polar surface area (TPSA) is 53.5 Å². The molecule has 0 aromatic carbocycles. The highest BCUT2D eigenvalue weighted by molar-refractivity contribution is 8.14. The van der Waals surface area contributed by atoms with Gasteiger partial charge in [-0.25, -0.2) is 0 Å². The lowest BCUT2D eigenvalue weighted by Crippen LogP contribution is -2.40. The van der Waals surface area contributed by atoms with Crippen LogP contribution in [-0.2, 0) is 4.79 Å².